The highest BCUT2D eigenvalue weighted by Gasteiger charge is 2.14. The molecule has 0 fully saturated rings. The fraction of sp³-hybridized carbons (Fsp3) is 0.143. The summed E-state index contributed by atoms with van der Waals surface area (Å²) in [6.45, 7) is 4.20. The van der Waals surface area contributed by atoms with Crippen molar-refractivity contribution in [2.45, 2.75) is 20.4 Å². The zero-order valence-corrected chi connectivity index (χ0v) is 15.2. The van der Waals surface area contributed by atoms with Crippen LogP contribution >= 0.6 is 0 Å². The third-order valence-corrected chi connectivity index (χ3v) is 4.11. The quantitative estimate of drug-likeness (QED) is 0.731. The lowest BCUT2D eigenvalue weighted by atomic mass is 10.1. The van der Waals surface area contributed by atoms with Crippen molar-refractivity contribution in [3.8, 4) is 0 Å². The molecule has 2 heterocycles. The van der Waals surface area contributed by atoms with Gasteiger partial charge in [0.25, 0.3) is 11.8 Å². The molecule has 0 aliphatic carbocycles. The molecule has 3 aromatic rings. The summed E-state index contributed by atoms with van der Waals surface area (Å²) in [5.41, 5.74) is 3.95. The smallest absolute Gasteiger partial charge is 0.274 e. The van der Waals surface area contributed by atoms with E-state index in [0.717, 1.165) is 22.4 Å². The van der Waals surface area contributed by atoms with Crippen LogP contribution in [-0.4, -0.2) is 21.8 Å². The van der Waals surface area contributed by atoms with E-state index in [2.05, 4.69) is 20.6 Å². The minimum absolute atomic E-state index is 0.187. The summed E-state index contributed by atoms with van der Waals surface area (Å²) in [6.07, 6.45) is 3.35. The van der Waals surface area contributed by atoms with E-state index in [1.54, 1.807) is 36.7 Å². The van der Waals surface area contributed by atoms with Gasteiger partial charge in [0.1, 0.15) is 11.4 Å². The Morgan fingerprint density at radius 2 is 1.56 bits per heavy atom. The molecule has 2 aromatic heterocycles. The number of para-hydroxylation sites is 1. The number of carbonyl (C=O) groups is 2. The lowest BCUT2D eigenvalue weighted by Gasteiger charge is -2.11. The van der Waals surface area contributed by atoms with Crippen molar-refractivity contribution in [1.29, 1.82) is 0 Å². The van der Waals surface area contributed by atoms with Crippen LogP contribution in [0.2, 0.25) is 0 Å². The molecular formula is C21H20N4O2. The number of amides is 2. The number of hydrogen-bond donors (Lipinski definition) is 2. The van der Waals surface area contributed by atoms with E-state index < -0.39 is 0 Å². The summed E-state index contributed by atoms with van der Waals surface area (Å²) in [5, 5.41) is 5.65. The lowest BCUT2D eigenvalue weighted by molar-refractivity contribution is 0.0945. The molecular weight excluding hydrogens is 340 g/mol. The van der Waals surface area contributed by atoms with E-state index in [4.69, 9.17) is 0 Å². The average molecular weight is 360 g/mol. The van der Waals surface area contributed by atoms with Gasteiger partial charge in [0, 0.05) is 24.6 Å². The maximum absolute atomic E-state index is 12.6. The first-order valence-corrected chi connectivity index (χ1v) is 8.56. The summed E-state index contributed by atoms with van der Waals surface area (Å²) < 4.78 is 0. The van der Waals surface area contributed by atoms with Gasteiger partial charge in [-0.1, -0.05) is 30.3 Å². The summed E-state index contributed by atoms with van der Waals surface area (Å²) in [4.78, 5) is 33.1. The van der Waals surface area contributed by atoms with Gasteiger partial charge in [0.05, 0.1) is 0 Å². The highest BCUT2D eigenvalue weighted by molar-refractivity contribution is 6.04. The van der Waals surface area contributed by atoms with Crippen LogP contribution in [0.3, 0.4) is 0 Å². The van der Waals surface area contributed by atoms with Crippen LogP contribution < -0.4 is 10.6 Å². The maximum Gasteiger partial charge on any atom is 0.274 e. The van der Waals surface area contributed by atoms with E-state index in [0.29, 0.717) is 6.54 Å². The summed E-state index contributed by atoms with van der Waals surface area (Å²) >= 11 is 0. The zero-order chi connectivity index (χ0) is 19.2. The van der Waals surface area contributed by atoms with E-state index >= 15 is 0 Å². The Morgan fingerprint density at radius 1 is 0.889 bits per heavy atom. The van der Waals surface area contributed by atoms with Gasteiger partial charge in [-0.15, -0.1) is 0 Å². The van der Waals surface area contributed by atoms with Crippen LogP contribution in [-0.2, 0) is 6.54 Å². The average Bonchev–Trinajstić information content (AvgIpc) is 2.70. The number of carbonyl (C=O) groups excluding carboxylic acids is 2. The predicted molar refractivity (Wildman–Crippen MR) is 104 cm³/mol. The number of rotatable bonds is 5. The predicted octanol–water partition coefficient (Wildman–Crippen LogP) is 3.28. The summed E-state index contributed by atoms with van der Waals surface area (Å²) in [7, 11) is 0. The second-order valence-electron chi connectivity index (χ2n) is 6.17. The molecule has 2 amide bonds. The van der Waals surface area contributed by atoms with Crippen LogP contribution in [0.25, 0.3) is 0 Å². The largest absolute Gasteiger partial charge is 0.347 e. The zero-order valence-electron chi connectivity index (χ0n) is 15.2. The first-order chi connectivity index (χ1) is 13.0. The minimum Gasteiger partial charge on any atom is -0.347 e. The van der Waals surface area contributed by atoms with E-state index in [1.807, 2.05) is 38.1 Å². The highest BCUT2D eigenvalue weighted by atomic mass is 16.2. The molecule has 0 aliphatic heterocycles. The lowest BCUT2D eigenvalue weighted by Crippen LogP contribution is -2.25. The molecule has 0 spiro atoms. The van der Waals surface area contributed by atoms with Crippen LogP contribution in [0.1, 0.15) is 37.7 Å². The molecule has 6 heteroatoms. The number of nitrogens with zero attached hydrogens (tertiary/aromatic N) is 2. The molecule has 0 radical (unpaired) electrons. The van der Waals surface area contributed by atoms with Crippen LogP contribution in [0.4, 0.5) is 5.69 Å². The molecule has 0 saturated heterocycles. The first-order valence-electron chi connectivity index (χ1n) is 8.56. The van der Waals surface area contributed by atoms with Gasteiger partial charge >= 0.3 is 0 Å². The van der Waals surface area contributed by atoms with Gasteiger partial charge in [-0.25, -0.2) is 4.98 Å². The van der Waals surface area contributed by atoms with Crippen molar-refractivity contribution in [2.24, 2.45) is 0 Å². The van der Waals surface area contributed by atoms with Crippen LogP contribution in [0.5, 0.6) is 0 Å². The Bertz CT molecular complexity index is 951. The van der Waals surface area contributed by atoms with Crippen molar-refractivity contribution in [2.75, 3.05) is 5.32 Å². The minimum atomic E-state index is -0.352. The highest BCUT2D eigenvalue weighted by Crippen LogP contribution is 2.20. The maximum atomic E-state index is 12.6. The Morgan fingerprint density at radius 3 is 2.22 bits per heavy atom. The van der Waals surface area contributed by atoms with Crippen molar-refractivity contribution >= 4 is 17.5 Å². The fourth-order valence-electron chi connectivity index (χ4n) is 2.65. The van der Waals surface area contributed by atoms with E-state index in [9.17, 15) is 9.59 Å². The van der Waals surface area contributed by atoms with Crippen LogP contribution in [0, 0.1) is 13.8 Å². The Kier molecular flexibility index (Phi) is 5.56. The molecule has 6 nitrogen and oxygen atoms in total. The second-order valence-corrected chi connectivity index (χ2v) is 6.17. The Hall–Kier alpha value is -3.54. The number of aromatic nitrogens is 2. The molecule has 136 valence electrons. The number of hydrogen-bond acceptors (Lipinski definition) is 4. The van der Waals surface area contributed by atoms with Gasteiger partial charge in [0.2, 0.25) is 0 Å². The number of aryl methyl sites for hydroxylation is 2. The normalized spacial score (nSPS) is 10.3. The molecule has 0 aliphatic rings. The third-order valence-electron chi connectivity index (χ3n) is 4.11. The molecule has 27 heavy (non-hydrogen) atoms. The van der Waals surface area contributed by atoms with Crippen LogP contribution in [0.15, 0.2) is 60.9 Å². The molecule has 3 rings (SSSR count). The van der Waals surface area contributed by atoms with E-state index in [1.165, 1.54) is 0 Å². The molecule has 0 bridgehead atoms. The monoisotopic (exact) mass is 360 g/mol. The van der Waals surface area contributed by atoms with Gasteiger partial charge in [-0.3, -0.25) is 14.6 Å². The molecule has 1 aromatic carbocycles. The number of benzene rings is 1. The van der Waals surface area contributed by atoms with Gasteiger partial charge in [-0.05, 0) is 48.7 Å². The summed E-state index contributed by atoms with van der Waals surface area (Å²) in [6, 6.07) is 14.3. The number of anilines is 1. The second kappa shape index (κ2) is 8.23. The molecule has 0 unspecified atom stereocenters. The van der Waals surface area contributed by atoms with Gasteiger partial charge < -0.3 is 10.6 Å². The number of pyridine rings is 2. The number of nitrogens with one attached hydrogen (secondary N) is 2. The third kappa shape index (κ3) is 4.55. The first kappa shape index (κ1) is 18.3. The van der Waals surface area contributed by atoms with Crippen molar-refractivity contribution in [1.82, 2.24) is 15.3 Å². The van der Waals surface area contributed by atoms with Gasteiger partial charge in [0.15, 0.2) is 0 Å². The summed E-state index contributed by atoms with van der Waals surface area (Å²) in [5.74, 6) is -0.699. The Labute approximate surface area is 157 Å². The van der Waals surface area contributed by atoms with Crippen molar-refractivity contribution in [3.63, 3.8) is 0 Å². The standard InChI is InChI=1S/C21H20N4O2/c1-14-6-3-7-15(2)19(14)25-21(27)18-10-4-9-17(24-18)20(26)23-13-16-8-5-11-22-12-16/h3-12H,13H2,1-2H3,(H,23,26)(H,25,27). The molecule has 2 N–H and O–H groups in total. The topological polar surface area (TPSA) is 84.0 Å². The van der Waals surface area contributed by atoms with E-state index in [-0.39, 0.29) is 23.2 Å². The fourth-order valence-corrected chi connectivity index (χ4v) is 2.65. The molecule has 0 atom stereocenters. The van der Waals surface area contributed by atoms with Crippen molar-refractivity contribution < 1.29 is 9.59 Å². The SMILES string of the molecule is Cc1cccc(C)c1NC(=O)c1cccc(C(=O)NCc2cccnc2)n1. The molecule has 0 saturated carbocycles. The van der Waals surface area contributed by atoms with Crippen molar-refractivity contribution in [3.05, 3.63) is 89.0 Å². The Balaban J connectivity index is 1.71. The van der Waals surface area contributed by atoms with Gasteiger partial charge in [-0.2, -0.15) is 0 Å².